The lowest BCUT2D eigenvalue weighted by atomic mass is 9.79. The number of rotatable bonds is 5. The number of carboxylic acids is 1. The Balaban J connectivity index is 2.52. The zero-order valence-electron chi connectivity index (χ0n) is 10.9. The van der Waals surface area contributed by atoms with Crippen molar-refractivity contribution in [3.8, 4) is 5.75 Å². The Morgan fingerprint density at radius 1 is 1.44 bits per heavy atom. The highest BCUT2D eigenvalue weighted by Crippen LogP contribution is 2.29. The molecule has 0 amide bonds. The highest BCUT2D eigenvalue weighted by atomic mass is 79.9. The Labute approximate surface area is 116 Å². The minimum Gasteiger partial charge on any atom is -0.494 e. The van der Waals surface area contributed by atoms with Crippen molar-refractivity contribution in [2.75, 3.05) is 6.61 Å². The van der Waals surface area contributed by atoms with Gasteiger partial charge in [-0.1, -0.05) is 42.8 Å². The van der Waals surface area contributed by atoms with Gasteiger partial charge in [0.1, 0.15) is 5.75 Å². The molecule has 0 heterocycles. The summed E-state index contributed by atoms with van der Waals surface area (Å²) in [6.07, 6.45) is 0.505. The average Bonchev–Trinajstić information content (AvgIpc) is 2.22. The third-order valence-electron chi connectivity index (χ3n) is 2.81. The largest absolute Gasteiger partial charge is 0.494 e. The maximum absolute atomic E-state index is 11.2. The molecule has 0 aliphatic rings. The first kappa shape index (κ1) is 15.0. The van der Waals surface area contributed by atoms with E-state index in [1.54, 1.807) is 0 Å². The van der Waals surface area contributed by atoms with E-state index in [0.717, 1.165) is 10.2 Å². The van der Waals surface area contributed by atoms with Gasteiger partial charge in [0.25, 0.3) is 0 Å². The first-order chi connectivity index (χ1) is 8.30. The molecule has 1 atom stereocenters. The van der Waals surface area contributed by atoms with Crippen LogP contribution in [-0.2, 0) is 4.79 Å². The quantitative estimate of drug-likeness (QED) is 0.894. The van der Waals surface area contributed by atoms with Crippen LogP contribution in [-0.4, -0.2) is 17.7 Å². The Morgan fingerprint density at radius 3 is 2.61 bits per heavy atom. The van der Waals surface area contributed by atoms with Gasteiger partial charge < -0.3 is 9.84 Å². The van der Waals surface area contributed by atoms with E-state index in [9.17, 15) is 9.90 Å². The molecule has 0 saturated carbocycles. The topological polar surface area (TPSA) is 46.5 Å². The van der Waals surface area contributed by atoms with Gasteiger partial charge in [-0.2, -0.15) is 0 Å². The molecule has 1 rings (SSSR count). The van der Waals surface area contributed by atoms with Gasteiger partial charge in [-0.3, -0.25) is 4.79 Å². The molecule has 1 N–H and O–H groups in total. The number of aliphatic carboxylic acids is 1. The van der Waals surface area contributed by atoms with Crippen molar-refractivity contribution in [3.05, 3.63) is 28.7 Å². The van der Waals surface area contributed by atoms with Crippen LogP contribution in [0.4, 0.5) is 0 Å². The summed E-state index contributed by atoms with van der Waals surface area (Å²) in [6, 6.07) is 7.53. The van der Waals surface area contributed by atoms with E-state index < -0.39 is 11.9 Å². The first-order valence-corrected chi connectivity index (χ1v) is 6.71. The van der Waals surface area contributed by atoms with Crippen LogP contribution in [0.1, 0.15) is 27.2 Å². The molecule has 3 nitrogen and oxygen atoms in total. The van der Waals surface area contributed by atoms with Crippen molar-refractivity contribution in [2.24, 2.45) is 11.3 Å². The third kappa shape index (κ3) is 4.69. The summed E-state index contributed by atoms with van der Waals surface area (Å²) in [4.78, 5) is 11.2. The van der Waals surface area contributed by atoms with E-state index in [1.807, 2.05) is 45.0 Å². The minimum absolute atomic E-state index is 0.257. The maximum atomic E-state index is 11.2. The van der Waals surface area contributed by atoms with Crippen LogP contribution in [0, 0.1) is 11.3 Å². The van der Waals surface area contributed by atoms with Gasteiger partial charge in [-0.15, -0.1) is 0 Å². The fraction of sp³-hybridized carbons (Fsp3) is 0.500. The zero-order chi connectivity index (χ0) is 13.8. The molecule has 0 bridgehead atoms. The van der Waals surface area contributed by atoms with Crippen molar-refractivity contribution < 1.29 is 14.6 Å². The number of carboxylic acid groups (broad SMARTS) is 1. The van der Waals surface area contributed by atoms with Crippen LogP contribution in [0.5, 0.6) is 5.75 Å². The van der Waals surface area contributed by atoms with Crippen LogP contribution in [0.15, 0.2) is 28.7 Å². The van der Waals surface area contributed by atoms with Gasteiger partial charge in [-0.05, 0) is 30.0 Å². The van der Waals surface area contributed by atoms with Gasteiger partial charge in [0.2, 0.25) is 0 Å². The SMILES string of the molecule is CC(C)(C)C(CCOc1cccc(Br)c1)C(=O)O. The molecule has 0 radical (unpaired) electrons. The van der Waals surface area contributed by atoms with E-state index in [4.69, 9.17) is 4.74 Å². The summed E-state index contributed by atoms with van der Waals surface area (Å²) in [7, 11) is 0. The molecule has 0 spiro atoms. The van der Waals surface area contributed by atoms with Crippen LogP contribution in [0.3, 0.4) is 0 Å². The van der Waals surface area contributed by atoms with Crippen molar-refractivity contribution in [1.82, 2.24) is 0 Å². The standard InChI is InChI=1S/C14H19BrO3/c1-14(2,3)12(13(16)17)7-8-18-11-6-4-5-10(15)9-11/h4-6,9,12H,7-8H2,1-3H3,(H,16,17). The molecule has 0 aliphatic carbocycles. The fourth-order valence-electron chi connectivity index (χ4n) is 1.78. The normalized spacial score (nSPS) is 13.1. The molecular formula is C14H19BrO3. The van der Waals surface area contributed by atoms with E-state index >= 15 is 0 Å². The Bertz CT molecular complexity index is 410. The van der Waals surface area contributed by atoms with Crippen molar-refractivity contribution in [2.45, 2.75) is 27.2 Å². The summed E-state index contributed by atoms with van der Waals surface area (Å²) in [6.45, 7) is 6.21. The van der Waals surface area contributed by atoms with Crippen molar-refractivity contribution in [1.29, 1.82) is 0 Å². The Kier molecular flexibility index (Phi) is 5.20. The molecule has 0 fully saturated rings. The molecule has 18 heavy (non-hydrogen) atoms. The molecule has 1 aromatic rings. The number of benzene rings is 1. The smallest absolute Gasteiger partial charge is 0.307 e. The molecule has 0 aromatic heterocycles. The molecule has 4 heteroatoms. The number of ether oxygens (including phenoxy) is 1. The molecule has 1 unspecified atom stereocenters. The molecule has 1 aromatic carbocycles. The van der Waals surface area contributed by atoms with Crippen molar-refractivity contribution in [3.63, 3.8) is 0 Å². The minimum atomic E-state index is -0.764. The lowest BCUT2D eigenvalue weighted by Crippen LogP contribution is -2.29. The van der Waals surface area contributed by atoms with Crippen LogP contribution < -0.4 is 4.74 Å². The summed E-state index contributed by atoms with van der Waals surface area (Å²) < 4.78 is 6.52. The Hall–Kier alpha value is -1.03. The lowest BCUT2D eigenvalue weighted by molar-refractivity contribution is -0.146. The van der Waals surface area contributed by atoms with E-state index in [-0.39, 0.29) is 5.41 Å². The van der Waals surface area contributed by atoms with Crippen molar-refractivity contribution >= 4 is 21.9 Å². The van der Waals surface area contributed by atoms with E-state index in [1.165, 1.54) is 0 Å². The van der Waals surface area contributed by atoms with Gasteiger partial charge in [0, 0.05) is 4.47 Å². The second-order valence-electron chi connectivity index (χ2n) is 5.35. The highest BCUT2D eigenvalue weighted by Gasteiger charge is 2.30. The monoisotopic (exact) mass is 314 g/mol. The number of halogens is 1. The molecule has 100 valence electrons. The zero-order valence-corrected chi connectivity index (χ0v) is 12.5. The molecule has 0 aliphatic heterocycles. The number of hydrogen-bond acceptors (Lipinski definition) is 2. The third-order valence-corrected chi connectivity index (χ3v) is 3.31. The van der Waals surface area contributed by atoms with Crippen LogP contribution in [0.2, 0.25) is 0 Å². The maximum Gasteiger partial charge on any atom is 0.307 e. The van der Waals surface area contributed by atoms with Crippen LogP contribution in [0.25, 0.3) is 0 Å². The number of hydrogen-bond donors (Lipinski definition) is 1. The predicted octanol–water partition coefficient (Wildman–Crippen LogP) is 3.96. The van der Waals surface area contributed by atoms with Gasteiger partial charge in [-0.25, -0.2) is 0 Å². The summed E-state index contributed by atoms with van der Waals surface area (Å²) in [5.41, 5.74) is -0.257. The van der Waals surface area contributed by atoms with E-state index in [0.29, 0.717) is 13.0 Å². The van der Waals surface area contributed by atoms with E-state index in [2.05, 4.69) is 15.9 Å². The number of carbonyl (C=O) groups is 1. The van der Waals surface area contributed by atoms with Gasteiger partial charge in [0.15, 0.2) is 0 Å². The highest BCUT2D eigenvalue weighted by molar-refractivity contribution is 9.10. The first-order valence-electron chi connectivity index (χ1n) is 5.92. The molecular weight excluding hydrogens is 296 g/mol. The lowest BCUT2D eigenvalue weighted by Gasteiger charge is -2.26. The van der Waals surface area contributed by atoms with Gasteiger partial charge >= 0.3 is 5.97 Å². The second-order valence-corrected chi connectivity index (χ2v) is 6.27. The Morgan fingerprint density at radius 2 is 2.11 bits per heavy atom. The fourth-order valence-corrected chi connectivity index (χ4v) is 2.16. The summed E-state index contributed by atoms with van der Waals surface area (Å²) in [5, 5.41) is 9.19. The second kappa shape index (κ2) is 6.23. The summed E-state index contributed by atoms with van der Waals surface area (Å²) >= 11 is 3.36. The predicted molar refractivity (Wildman–Crippen MR) is 74.8 cm³/mol. The van der Waals surface area contributed by atoms with Crippen LogP contribution >= 0.6 is 15.9 Å². The van der Waals surface area contributed by atoms with Gasteiger partial charge in [0.05, 0.1) is 12.5 Å². The molecule has 0 saturated heterocycles. The summed E-state index contributed by atoms with van der Waals surface area (Å²) in [5.74, 6) is -0.410. The average molecular weight is 315 g/mol.